The van der Waals surface area contributed by atoms with Gasteiger partial charge >= 0.3 is 8.80 Å². The molecule has 0 aromatic heterocycles. The van der Waals surface area contributed by atoms with Gasteiger partial charge in [0.2, 0.25) is 0 Å². The molecule has 0 atom stereocenters. The zero-order valence-corrected chi connectivity index (χ0v) is 16.6. The Balaban J connectivity index is 3.27. The number of rotatable bonds is 17. The van der Waals surface area contributed by atoms with Crippen molar-refractivity contribution in [3.8, 4) is 0 Å². The van der Waals surface area contributed by atoms with E-state index in [4.69, 9.17) is 13.3 Å². The van der Waals surface area contributed by atoms with Crippen molar-refractivity contribution < 1.29 is 13.3 Å². The zero-order chi connectivity index (χ0) is 16.5. The first-order chi connectivity index (χ1) is 10.7. The van der Waals surface area contributed by atoms with E-state index in [1.54, 1.807) is 14.2 Å². The largest absolute Gasteiger partial charge is 0.500 e. The van der Waals surface area contributed by atoms with Crippen LogP contribution in [0.1, 0.15) is 90.9 Å². The molecule has 0 rings (SSSR count). The quantitative estimate of drug-likeness (QED) is 0.243. The number of hydrogen-bond acceptors (Lipinski definition) is 3. The molecule has 134 valence electrons. The second kappa shape index (κ2) is 16.0. The van der Waals surface area contributed by atoms with Crippen LogP contribution in [0, 0.1) is 0 Å². The molecule has 3 nitrogen and oxygen atoms in total. The Morgan fingerprint density at radius 1 is 0.591 bits per heavy atom. The fourth-order valence-corrected chi connectivity index (χ4v) is 4.40. The van der Waals surface area contributed by atoms with Crippen molar-refractivity contribution in [3.63, 3.8) is 0 Å². The first-order valence-corrected chi connectivity index (χ1v) is 11.4. The summed E-state index contributed by atoms with van der Waals surface area (Å²) in [5.41, 5.74) is 0. The van der Waals surface area contributed by atoms with Gasteiger partial charge < -0.3 is 13.3 Å². The molecule has 0 fully saturated rings. The van der Waals surface area contributed by atoms with Crippen molar-refractivity contribution in [1.29, 1.82) is 0 Å². The van der Waals surface area contributed by atoms with E-state index < -0.39 is 8.80 Å². The minimum atomic E-state index is -2.32. The highest BCUT2D eigenvalue weighted by Gasteiger charge is 2.36. The maximum atomic E-state index is 5.86. The molecule has 22 heavy (non-hydrogen) atoms. The van der Waals surface area contributed by atoms with E-state index in [2.05, 4.69) is 13.8 Å². The molecular weight excluding hydrogens is 292 g/mol. The summed E-state index contributed by atoms with van der Waals surface area (Å²) in [5.74, 6) is 0. The maximum absolute atomic E-state index is 5.86. The predicted octanol–water partition coefficient (Wildman–Crippen LogP) is 5.96. The lowest BCUT2D eigenvalue weighted by molar-refractivity contribution is 0.0976. The van der Waals surface area contributed by atoms with Crippen LogP contribution in [0.4, 0.5) is 0 Å². The molecule has 0 saturated carbocycles. The van der Waals surface area contributed by atoms with Crippen LogP contribution in [0.3, 0.4) is 0 Å². The molecule has 0 aromatic carbocycles. The molecule has 0 aromatic rings. The van der Waals surface area contributed by atoms with Crippen molar-refractivity contribution in [3.05, 3.63) is 0 Å². The predicted molar refractivity (Wildman–Crippen MR) is 97.3 cm³/mol. The average molecular weight is 333 g/mol. The van der Waals surface area contributed by atoms with Gasteiger partial charge in [0.1, 0.15) is 0 Å². The zero-order valence-electron chi connectivity index (χ0n) is 15.6. The van der Waals surface area contributed by atoms with Crippen LogP contribution in [-0.2, 0) is 13.3 Å². The Kier molecular flexibility index (Phi) is 16.0. The van der Waals surface area contributed by atoms with Gasteiger partial charge in [0.25, 0.3) is 0 Å². The van der Waals surface area contributed by atoms with Crippen LogP contribution in [0.2, 0.25) is 6.04 Å². The molecule has 0 saturated heterocycles. The average Bonchev–Trinajstić information content (AvgIpc) is 2.56. The third kappa shape index (κ3) is 11.6. The summed E-state index contributed by atoms with van der Waals surface area (Å²) in [7, 11) is 1.07. The molecule has 0 bridgehead atoms. The second-order valence-electron chi connectivity index (χ2n) is 6.18. The monoisotopic (exact) mass is 332 g/mol. The molecular formula is C18H40O3Si. The second-order valence-corrected chi connectivity index (χ2v) is 9.36. The van der Waals surface area contributed by atoms with E-state index in [0.717, 1.165) is 19.1 Å². The lowest BCUT2D eigenvalue weighted by Gasteiger charge is -2.24. The Morgan fingerprint density at radius 3 is 1.36 bits per heavy atom. The van der Waals surface area contributed by atoms with Gasteiger partial charge in [0.15, 0.2) is 0 Å². The van der Waals surface area contributed by atoms with Crippen molar-refractivity contribution >= 4 is 8.80 Å². The Hall–Kier alpha value is 0.0969. The van der Waals surface area contributed by atoms with Gasteiger partial charge in [0.05, 0.1) is 0 Å². The van der Waals surface area contributed by atoms with Gasteiger partial charge in [-0.1, -0.05) is 84.5 Å². The molecule has 0 heterocycles. The third-order valence-electron chi connectivity index (χ3n) is 4.37. The summed E-state index contributed by atoms with van der Waals surface area (Å²) in [5, 5.41) is 0. The molecule has 0 N–H and O–H groups in total. The minimum absolute atomic E-state index is 0.777. The van der Waals surface area contributed by atoms with Gasteiger partial charge in [-0.3, -0.25) is 0 Å². The van der Waals surface area contributed by atoms with Crippen molar-refractivity contribution in [2.45, 2.75) is 96.9 Å². The van der Waals surface area contributed by atoms with Gasteiger partial charge in [-0.25, -0.2) is 0 Å². The maximum Gasteiger partial charge on any atom is 0.500 e. The Labute approximate surface area is 140 Å². The molecule has 0 spiro atoms. The van der Waals surface area contributed by atoms with Crippen LogP contribution in [0.25, 0.3) is 0 Å². The lowest BCUT2D eigenvalue weighted by Crippen LogP contribution is -2.43. The third-order valence-corrected chi connectivity index (χ3v) is 7.13. The van der Waals surface area contributed by atoms with Crippen LogP contribution >= 0.6 is 0 Å². The summed E-state index contributed by atoms with van der Waals surface area (Å²) >= 11 is 0. The molecule has 0 amide bonds. The smallest absolute Gasteiger partial charge is 0.377 e. The number of hydrogen-bond donors (Lipinski definition) is 0. The molecule has 4 heteroatoms. The topological polar surface area (TPSA) is 27.7 Å². The van der Waals surface area contributed by atoms with E-state index >= 15 is 0 Å². The van der Waals surface area contributed by atoms with Crippen LogP contribution in [0.5, 0.6) is 0 Å². The van der Waals surface area contributed by atoms with Crippen LogP contribution in [0.15, 0.2) is 0 Å². The summed E-state index contributed by atoms with van der Waals surface area (Å²) in [6, 6.07) is 0.845. The van der Waals surface area contributed by atoms with Gasteiger partial charge in [-0.2, -0.15) is 0 Å². The highest BCUT2D eigenvalue weighted by Crippen LogP contribution is 2.15. The Bertz CT molecular complexity index is 212. The van der Waals surface area contributed by atoms with Crippen LogP contribution in [-0.4, -0.2) is 29.6 Å². The summed E-state index contributed by atoms with van der Waals surface area (Å²) in [6.45, 7) is 5.13. The van der Waals surface area contributed by atoms with Gasteiger partial charge in [-0.15, -0.1) is 0 Å². The fraction of sp³-hybridized carbons (Fsp3) is 1.00. The summed E-state index contributed by atoms with van der Waals surface area (Å²) in [4.78, 5) is 0. The fourth-order valence-electron chi connectivity index (χ4n) is 2.76. The number of unbranched alkanes of at least 4 members (excludes halogenated alkanes) is 11. The van der Waals surface area contributed by atoms with Crippen LogP contribution < -0.4 is 0 Å². The standard InChI is InChI=1S/C18H40O3Si/c1-5-7-8-9-10-11-12-13-14-15-16-17-18-21-22(6-2,19-3)20-4/h5-18H2,1-4H3. The van der Waals surface area contributed by atoms with E-state index in [1.165, 1.54) is 70.6 Å². The highest BCUT2D eigenvalue weighted by molar-refractivity contribution is 6.60. The summed E-state index contributed by atoms with van der Waals surface area (Å²) in [6.07, 6.45) is 16.4. The van der Waals surface area contributed by atoms with Gasteiger partial charge in [0, 0.05) is 26.9 Å². The van der Waals surface area contributed by atoms with Crippen molar-refractivity contribution in [2.75, 3.05) is 20.8 Å². The highest BCUT2D eigenvalue weighted by atomic mass is 28.4. The first-order valence-electron chi connectivity index (χ1n) is 9.49. The lowest BCUT2D eigenvalue weighted by atomic mass is 10.1. The van der Waals surface area contributed by atoms with E-state index in [-0.39, 0.29) is 0 Å². The van der Waals surface area contributed by atoms with Crippen molar-refractivity contribution in [1.82, 2.24) is 0 Å². The molecule has 0 aliphatic carbocycles. The molecule has 0 aliphatic heterocycles. The normalized spacial score (nSPS) is 12.0. The Morgan fingerprint density at radius 2 is 1.00 bits per heavy atom. The van der Waals surface area contributed by atoms with E-state index in [1.807, 2.05) is 0 Å². The van der Waals surface area contributed by atoms with E-state index in [9.17, 15) is 0 Å². The van der Waals surface area contributed by atoms with E-state index in [0.29, 0.717) is 0 Å². The SMILES string of the molecule is CCCCCCCCCCCCCCO[Si](CC)(OC)OC. The van der Waals surface area contributed by atoms with Crippen molar-refractivity contribution in [2.24, 2.45) is 0 Å². The first kappa shape index (κ1) is 22.1. The molecule has 0 aliphatic rings. The summed E-state index contributed by atoms with van der Waals surface area (Å²) < 4.78 is 16.7. The minimum Gasteiger partial charge on any atom is -0.377 e. The molecule has 0 unspecified atom stereocenters. The molecule has 0 radical (unpaired) electrons. The van der Waals surface area contributed by atoms with Gasteiger partial charge in [-0.05, 0) is 6.42 Å².